The number of fused-ring (bicyclic) bond motifs is 1. The highest BCUT2D eigenvalue weighted by Crippen LogP contribution is 2.20. The van der Waals surface area contributed by atoms with Gasteiger partial charge in [0.15, 0.2) is 0 Å². The van der Waals surface area contributed by atoms with Gasteiger partial charge in [-0.3, -0.25) is 0 Å². The maximum atomic E-state index is 2.30. The Bertz CT molecular complexity index is 424. The molecular formula is C14H21N. The lowest BCUT2D eigenvalue weighted by molar-refractivity contribution is 0.623. The SMILES string of the molecule is CC.Cc1ccc2c(ccn2C(C)C)c1. The number of nitrogens with zero attached hydrogens (tertiary/aromatic N) is 1. The van der Waals surface area contributed by atoms with Crippen molar-refractivity contribution in [2.45, 2.75) is 40.7 Å². The second-order valence-electron chi connectivity index (χ2n) is 3.88. The van der Waals surface area contributed by atoms with Crippen LogP contribution in [0.15, 0.2) is 30.5 Å². The van der Waals surface area contributed by atoms with Crippen LogP contribution in [0.3, 0.4) is 0 Å². The zero-order chi connectivity index (χ0) is 11.4. The molecule has 2 rings (SSSR count). The Hall–Kier alpha value is -1.24. The van der Waals surface area contributed by atoms with E-state index in [0.29, 0.717) is 6.04 Å². The average Bonchev–Trinajstić information content (AvgIpc) is 2.63. The molecule has 82 valence electrons. The Morgan fingerprint density at radius 2 is 1.73 bits per heavy atom. The highest BCUT2D eigenvalue weighted by Gasteiger charge is 2.02. The zero-order valence-corrected chi connectivity index (χ0v) is 10.4. The van der Waals surface area contributed by atoms with E-state index in [0.717, 1.165) is 0 Å². The first kappa shape index (κ1) is 11.8. The molecule has 1 nitrogen and oxygen atoms in total. The van der Waals surface area contributed by atoms with Gasteiger partial charge in [0.1, 0.15) is 0 Å². The summed E-state index contributed by atoms with van der Waals surface area (Å²) in [5, 5.41) is 1.34. The van der Waals surface area contributed by atoms with E-state index in [1.807, 2.05) is 13.8 Å². The van der Waals surface area contributed by atoms with Gasteiger partial charge in [0.2, 0.25) is 0 Å². The summed E-state index contributed by atoms with van der Waals surface area (Å²) in [6.45, 7) is 10.5. The largest absolute Gasteiger partial charge is 0.345 e. The monoisotopic (exact) mass is 203 g/mol. The van der Waals surface area contributed by atoms with Crippen molar-refractivity contribution < 1.29 is 0 Å². The van der Waals surface area contributed by atoms with Crippen LogP contribution < -0.4 is 0 Å². The summed E-state index contributed by atoms with van der Waals surface area (Å²) in [5.74, 6) is 0. The Morgan fingerprint density at radius 3 is 2.33 bits per heavy atom. The number of hydrogen-bond acceptors (Lipinski definition) is 0. The third kappa shape index (κ3) is 2.41. The normalized spacial score (nSPS) is 10.3. The maximum Gasteiger partial charge on any atom is 0.0482 e. The van der Waals surface area contributed by atoms with Crippen molar-refractivity contribution in [2.75, 3.05) is 0 Å². The molecule has 0 N–H and O–H groups in total. The molecule has 2 aromatic rings. The van der Waals surface area contributed by atoms with E-state index in [1.165, 1.54) is 16.5 Å². The second kappa shape index (κ2) is 5.01. The van der Waals surface area contributed by atoms with Crippen molar-refractivity contribution in [3.05, 3.63) is 36.0 Å². The minimum atomic E-state index is 0.542. The van der Waals surface area contributed by atoms with Gasteiger partial charge in [-0.25, -0.2) is 0 Å². The topological polar surface area (TPSA) is 4.93 Å². The molecular weight excluding hydrogens is 182 g/mol. The first-order valence-electron chi connectivity index (χ1n) is 5.75. The molecule has 0 aliphatic heterocycles. The number of aryl methyl sites for hydroxylation is 1. The summed E-state index contributed by atoms with van der Waals surface area (Å²) in [7, 11) is 0. The van der Waals surface area contributed by atoms with Crippen LogP contribution in [0, 0.1) is 6.92 Å². The van der Waals surface area contributed by atoms with Gasteiger partial charge in [-0.1, -0.05) is 25.5 Å². The van der Waals surface area contributed by atoms with Crippen LogP contribution >= 0.6 is 0 Å². The van der Waals surface area contributed by atoms with Crippen molar-refractivity contribution in [1.29, 1.82) is 0 Å². The van der Waals surface area contributed by atoms with Crippen molar-refractivity contribution >= 4 is 10.9 Å². The Balaban J connectivity index is 0.000000531. The molecule has 0 amide bonds. The molecule has 0 atom stereocenters. The predicted molar refractivity (Wildman–Crippen MR) is 68.4 cm³/mol. The van der Waals surface area contributed by atoms with Gasteiger partial charge in [0.25, 0.3) is 0 Å². The third-order valence-electron chi connectivity index (χ3n) is 2.43. The fourth-order valence-corrected chi connectivity index (χ4v) is 1.73. The number of benzene rings is 1. The molecule has 0 spiro atoms. The van der Waals surface area contributed by atoms with Crippen molar-refractivity contribution in [1.82, 2.24) is 4.57 Å². The van der Waals surface area contributed by atoms with E-state index in [-0.39, 0.29) is 0 Å². The lowest BCUT2D eigenvalue weighted by Crippen LogP contribution is -1.97. The fourth-order valence-electron chi connectivity index (χ4n) is 1.73. The van der Waals surface area contributed by atoms with Gasteiger partial charge >= 0.3 is 0 Å². The Labute approximate surface area is 92.7 Å². The molecule has 1 aromatic carbocycles. The van der Waals surface area contributed by atoms with Gasteiger partial charge in [-0.2, -0.15) is 0 Å². The first-order chi connectivity index (χ1) is 7.18. The first-order valence-corrected chi connectivity index (χ1v) is 5.75. The average molecular weight is 203 g/mol. The van der Waals surface area contributed by atoms with Crippen LogP contribution in [0.25, 0.3) is 10.9 Å². The maximum absolute atomic E-state index is 2.30. The molecule has 1 heterocycles. The molecule has 0 bridgehead atoms. The molecule has 0 aliphatic rings. The van der Waals surface area contributed by atoms with E-state index in [1.54, 1.807) is 0 Å². The smallest absolute Gasteiger partial charge is 0.0482 e. The summed E-state index contributed by atoms with van der Waals surface area (Å²) < 4.78 is 2.30. The van der Waals surface area contributed by atoms with E-state index >= 15 is 0 Å². The van der Waals surface area contributed by atoms with E-state index < -0.39 is 0 Å². The number of hydrogen-bond donors (Lipinski definition) is 0. The van der Waals surface area contributed by atoms with E-state index in [9.17, 15) is 0 Å². The van der Waals surface area contributed by atoms with Gasteiger partial charge in [0.05, 0.1) is 0 Å². The number of aromatic nitrogens is 1. The molecule has 1 aromatic heterocycles. The van der Waals surface area contributed by atoms with Gasteiger partial charge in [-0.15, -0.1) is 0 Å². The zero-order valence-electron chi connectivity index (χ0n) is 10.4. The minimum absolute atomic E-state index is 0.542. The second-order valence-corrected chi connectivity index (χ2v) is 3.88. The van der Waals surface area contributed by atoms with Crippen LogP contribution in [0.2, 0.25) is 0 Å². The molecule has 15 heavy (non-hydrogen) atoms. The summed E-state index contributed by atoms with van der Waals surface area (Å²) >= 11 is 0. The van der Waals surface area contributed by atoms with Crippen LogP contribution in [-0.2, 0) is 0 Å². The van der Waals surface area contributed by atoms with E-state index in [2.05, 4.69) is 55.8 Å². The molecule has 0 fully saturated rings. The molecule has 0 radical (unpaired) electrons. The number of rotatable bonds is 1. The van der Waals surface area contributed by atoms with Crippen LogP contribution in [0.5, 0.6) is 0 Å². The molecule has 0 saturated heterocycles. The molecule has 1 heteroatoms. The highest BCUT2D eigenvalue weighted by molar-refractivity contribution is 5.80. The van der Waals surface area contributed by atoms with Gasteiger partial charge in [0, 0.05) is 17.8 Å². The van der Waals surface area contributed by atoms with Gasteiger partial charge in [-0.05, 0) is 44.4 Å². The summed E-state index contributed by atoms with van der Waals surface area (Å²) in [5.41, 5.74) is 2.66. The minimum Gasteiger partial charge on any atom is -0.345 e. The van der Waals surface area contributed by atoms with Crippen LogP contribution in [0.1, 0.15) is 39.3 Å². The summed E-state index contributed by atoms with van der Waals surface area (Å²) in [6, 6.07) is 9.32. The van der Waals surface area contributed by atoms with Crippen molar-refractivity contribution in [2.24, 2.45) is 0 Å². The van der Waals surface area contributed by atoms with Gasteiger partial charge < -0.3 is 4.57 Å². The molecule has 0 unspecified atom stereocenters. The van der Waals surface area contributed by atoms with Crippen molar-refractivity contribution in [3.63, 3.8) is 0 Å². The predicted octanol–water partition coefficient (Wildman–Crippen LogP) is 4.56. The molecule has 0 saturated carbocycles. The third-order valence-corrected chi connectivity index (χ3v) is 2.43. The standard InChI is InChI=1S/C12H15N.C2H6/c1-9(2)13-7-6-11-8-10(3)4-5-12(11)13;1-2/h4-9H,1-3H3;1-2H3. The summed E-state index contributed by atoms with van der Waals surface area (Å²) in [4.78, 5) is 0. The van der Waals surface area contributed by atoms with Crippen molar-refractivity contribution in [3.8, 4) is 0 Å². The fraction of sp³-hybridized carbons (Fsp3) is 0.429. The lowest BCUT2D eigenvalue weighted by atomic mass is 10.2. The summed E-state index contributed by atoms with van der Waals surface area (Å²) in [6.07, 6.45) is 2.16. The van der Waals surface area contributed by atoms with E-state index in [4.69, 9.17) is 0 Å². The lowest BCUT2D eigenvalue weighted by Gasteiger charge is -2.08. The highest BCUT2D eigenvalue weighted by atomic mass is 15.0. The Morgan fingerprint density at radius 1 is 1.07 bits per heavy atom. The molecule has 0 aliphatic carbocycles. The Kier molecular flexibility index (Phi) is 3.96. The van der Waals surface area contributed by atoms with Crippen LogP contribution in [-0.4, -0.2) is 4.57 Å². The quantitative estimate of drug-likeness (QED) is 0.640. The van der Waals surface area contributed by atoms with Crippen LogP contribution in [0.4, 0.5) is 0 Å².